The summed E-state index contributed by atoms with van der Waals surface area (Å²) in [7, 11) is 5.25. The molecule has 0 saturated heterocycles. The van der Waals surface area contributed by atoms with Crippen LogP contribution in [0.4, 0.5) is 10.1 Å². The number of halogens is 1. The second kappa shape index (κ2) is 8.66. The first kappa shape index (κ1) is 20.4. The molecule has 2 aromatic carbocycles. The standard InChI is InChI=1S/C21H26FN3O2/c1-14(2)25(5)21(27)16-8-6-15(7-9-16)13-23-20(26)17-10-11-19(24(3)4)18(22)12-17/h6-12,14H,13H2,1-5H3,(H,23,26). The van der Waals surface area contributed by atoms with Gasteiger partial charge in [0.1, 0.15) is 5.82 Å². The van der Waals surface area contributed by atoms with Crippen molar-refractivity contribution in [3.63, 3.8) is 0 Å². The molecule has 2 rings (SSSR count). The number of benzene rings is 2. The summed E-state index contributed by atoms with van der Waals surface area (Å²) >= 11 is 0. The van der Waals surface area contributed by atoms with E-state index in [1.165, 1.54) is 6.07 Å². The quantitative estimate of drug-likeness (QED) is 0.848. The lowest BCUT2D eigenvalue weighted by Crippen LogP contribution is -2.32. The molecule has 0 bridgehead atoms. The Labute approximate surface area is 159 Å². The normalized spacial score (nSPS) is 10.6. The molecule has 0 aliphatic rings. The Hall–Kier alpha value is -2.89. The van der Waals surface area contributed by atoms with Crippen LogP contribution in [0.2, 0.25) is 0 Å². The highest BCUT2D eigenvalue weighted by molar-refractivity contribution is 5.95. The number of amides is 2. The van der Waals surface area contributed by atoms with Gasteiger partial charge in [0.05, 0.1) is 5.69 Å². The third-order valence-electron chi connectivity index (χ3n) is 4.44. The van der Waals surface area contributed by atoms with Gasteiger partial charge in [0.15, 0.2) is 0 Å². The average molecular weight is 371 g/mol. The molecule has 144 valence electrons. The largest absolute Gasteiger partial charge is 0.375 e. The number of carbonyl (C=O) groups is 2. The van der Waals surface area contributed by atoms with Crippen LogP contribution in [0.15, 0.2) is 42.5 Å². The number of nitrogens with zero attached hydrogens (tertiary/aromatic N) is 2. The first-order valence-electron chi connectivity index (χ1n) is 8.82. The van der Waals surface area contributed by atoms with Crippen LogP contribution in [0, 0.1) is 5.82 Å². The number of hydrogen-bond acceptors (Lipinski definition) is 3. The molecule has 0 unspecified atom stereocenters. The molecule has 0 aliphatic heterocycles. The molecule has 0 aromatic heterocycles. The van der Waals surface area contributed by atoms with Gasteiger partial charge in [-0.05, 0) is 49.7 Å². The van der Waals surface area contributed by atoms with Crippen molar-refractivity contribution in [3.05, 3.63) is 65.0 Å². The van der Waals surface area contributed by atoms with Crippen LogP contribution in [-0.4, -0.2) is 43.9 Å². The summed E-state index contributed by atoms with van der Waals surface area (Å²) in [5, 5.41) is 2.77. The van der Waals surface area contributed by atoms with Crippen LogP contribution < -0.4 is 10.2 Å². The highest BCUT2D eigenvalue weighted by Crippen LogP contribution is 2.18. The van der Waals surface area contributed by atoms with Gasteiger partial charge in [-0.25, -0.2) is 4.39 Å². The minimum absolute atomic E-state index is 0.0444. The van der Waals surface area contributed by atoms with Crippen molar-refractivity contribution in [1.82, 2.24) is 10.2 Å². The minimum Gasteiger partial charge on any atom is -0.375 e. The van der Waals surface area contributed by atoms with E-state index >= 15 is 0 Å². The molecule has 2 amide bonds. The number of nitrogens with one attached hydrogen (secondary N) is 1. The van der Waals surface area contributed by atoms with Gasteiger partial charge in [0, 0.05) is 44.9 Å². The van der Waals surface area contributed by atoms with Gasteiger partial charge in [0.25, 0.3) is 11.8 Å². The van der Waals surface area contributed by atoms with Gasteiger partial charge in [-0.2, -0.15) is 0 Å². The molecule has 0 spiro atoms. The number of anilines is 1. The monoisotopic (exact) mass is 371 g/mol. The van der Waals surface area contributed by atoms with E-state index in [0.717, 1.165) is 5.56 Å². The first-order chi connectivity index (χ1) is 12.7. The Bertz CT molecular complexity index is 817. The van der Waals surface area contributed by atoms with Crippen molar-refractivity contribution in [2.75, 3.05) is 26.0 Å². The van der Waals surface area contributed by atoms with Crippen LogP contribution in [0.1, 0.15) is 40.1 Å². The second-order valence-corrected chi connectivity index (χ2v) is 6.95. The van der Waals surface area contributed by atoms with E-state index in [0.29, 0.717) is 17.8 Å². The summed E-state index contributed by atoms with van der Waals surface area (Å²) in [5.74, 6) is -0.833. The zero-order valence-electron chi connectivity index (χ0n) is 16.4. The molecule has 0 radical (unpaired) electrons. The van der Waals surface area contributed by atoms with E-state index in [4.69, 9.17) is 0 Å². The Morgan fingerprint density at radius 2 is 1.59 bits per heavy atom. The second-order valence-electron chi connectivity index (χ2n) is 6.95. The molecule has 6 heteroatoms. The molecule has 1 N–H and O–H groups in total. The first-order valence-corrected chi connectivity index (χ1v) is 8.82. The zero-order valence-corrected chi connectivity index (χ0v) is 16.4. The molecule has 0 heterocycles. The van der Waals surface area contributed by atoms with Crippen molar-refractivity contribution in [2.45, 2.75) is 26.4 Å². The van der Waals surface area contributed by atoms with E-state index in [1.54, 1.807) is 67.3 Å². The van der Waals surface area contributed by atoms with Gasteiger partial charge in [-0.1, -0.05) is 12.1 Å². The lowest BCUT2D eigenvalue weighted by Gasteiger charge is -2.21. The molecular weight excluding hydrogens is 345 g/mol. The molecular formula is C21H26FN3O2. The summed E-state index contributed by atoms with van der Waals surface area (Å²) in [6, 6.07) is 11.6. The molecule has 5 nitrogen and oxygen atoms in total. The van der Waals surface area contributed by atoms with E-state index in [9.17, 15) is 14.0 Å². The van der Waals surface area contributed by atoms with E-state index < -0.39 is 5.82 Å². The maximum atomic E-state index is 14.0. The van der Waals surface area contributed by atoms with Gasteiger partial charge in [-0.3, -0.25) is 9.59 Å². The van der Waals surface area contributed by atoms with E-state index in [-0.39, 0.29) is 23.4 Å². The SMILES string of the molecule is CC(C)N(C)C(=O)c1ccc(CNC(=O)c2ccc(N(C)C)c(F)c2)cc1. The molecule has 0 atom stereocenters. The number of hydrogen-bond donors (Lipinski definition) is 1. The highest BCUT2D eigenvalue weighted by Gasteiger charge is 2.14. The van der Waals surface area contributed by atoms with E-state index in [2.05, 4.69) is 5.32 Å². The average Bonchev–Trinajstić information content (AvgIpc) is 2.64. The number of rotatable bonds is 6. The lowest BCUT2D eigenvalue weighted by atomic mass is 10.1. The van der Waals surface area contributed by atoms with Crippen molar-refractivity contribution in [1.29, 1.82) is 0 Å². The predicted molar refractivity (Wildman–Crippen MR) is 106 cm³/mol. The summed E-state index contributed by atoms with van der Waals surface area (Å²) in [6.45, 7) is 4.20. The van der Waals surface area contributed by atoms with Crippen molar-refractivity contribution in [3.8, 4) is 0 Å². The maximum Gasteiger partial charge on any atom is 0.253 e. The fourth-order valence-electron chi connectivity index (χ4n) is 2.50. The Morgan fingerprint density at radius 3 is 2.11 bits per heavy atom. The van der Waals surface area contributed by atoms with Crippen LogP contribution in [0.3, 0.4) is 0 Å². The van der Waals surface area contributed by atoms with Crippen LogP contribution >= 0.6 is 0 Å². The van der Waals surface area contributed by atoms with Crippen LogP contribution in [0.5, 0.6) is 0 Å². The van der Waals surface area contributed by atoms with Gasteiger partial charge in [0.2, 0.25) is 0 Å². The van der Waals surface area contributed by atoms with E-state index in [1.807, 2.05) is 13.8 Å². The maximum absolute atomic E-state index is 14.0. The molecule has 2 aromatic rings. The fraction of sp³-hybridized carbons (Fsp3) is 0.333. The summed E-state index contributed by atoms with van der Waals surface area (Å²) < 4.78 is 14.0. The third kappa shape index (κ3) is 5.06. The third-order valence-corrected chi connectivity index (χ3v) is 4.44. The lowest BCUT2D eigenvalue weighted by molar-refractivity contribution is 0.0754. The Balaban J connectivity index is 1.99. The number of carbonyl (C=O) groups excluding carboxylic acids is 2. The minimum atomic E-state index is -0.440. The topological polar surface area (TPSA) is 52.7 Å². The molecule has 0 aliphatic carbocycles. The predicted octanol–water partition coefficient (Wildman–Crippen LogP) is 3.30. The van der Waals surface area contributed by atoms with Gasteiger partial charge < -0.3 is 15.1 Å². The Morgan fingerprint density at radius 1 is 1.00 bits per heavy atom. The van der Waals surface area contributed by atoms with Crippen molar-refractivity contribution >= 4 is 17.5 Å². The summed E-state index contributed by atoms with van der Waals surface area (Å²) in [4.78, 5) is 27.8. The summed E-state index contributed by atoms with van der Waals surface area (Å²) in [6.07, 6.45) is 0. The van der Waals surface area contributed by atoms with Crippen molar-refractivity contribution < 1.29 is 14.0 Å². The summed E-state index contributed by atoms with van der Waals surface area (Å²) in [5.41, 5.74) is 2.15. The molecule has 0 saturated carbocycles. The smallest absolute Gasteiger partial charge is 0.253 e. The Kier molecular flexibility index (Phi) is 6.55. The van der Waals surface area contributed by atoms with Crippen LogP contribution in [0.25, 0.3) is 0 Å². The van der Waals surface area contributed by atoms with Gasteiger partial charge in [-0.15, -0.1) is 0 Å². The van der Waals surface area contributed by atoms with Crippen LogP contribution in [-0.2, 0) is 6.54 Å². The molecule has 27 heavy (non-hydrogen) atoms. The van der Waals surface area contributed by atoms with Crippen molar-refractivity contribution in [2.24, 2.45) is 0 Å². The molecule has 0 fully saturated rings. The van der Waals surface area contributed by atoms with Gasteiger partial charge >= 0.3 is 0 Å². The highest BCUT2D eigenvalue weighted by atomic mass is 19.1. The fourth-order valence-corrected chi connectivity index (χ4v) is 2.50. The zero-order chi connectivity index (χ0) is 20.1.